The number of aryl methyl sites for hydroxylation is 1. The van der Waals surface area contributed by atoms with Gasteiger partial charge in [-0.15, -0.1) is 0 Å². The van der Waals surface area contributed by atoms with Crippen molar-refractivity contribution in [3.8, 4) is 5.75 Å². The number of halogens is 4. The second-order valence-electron chi connectivity index (χ2n) is 2.81. The number of ether oxygens (including phenoxy) is 1. The van der Waals surface area contributed by atoms with Gasteiger partial charge in [0.1, 0.15) is 11.6 Å². The van der Waals surface area contributed by atoms with E-state index < -0.39 is 18.6 Å². The summed E-state index contributed by atoms with van der Waals surface area (Å²) in [5, 5.41) is 0. The third-order valence-electron chi connectivity index (χ3n) is 1.55. The summed E-state index contributed by atoms with van der Waals surface area (Å²) < 4.78 is 52.3. The van der Waals surface area contributed by atoms with Crippen LogP contribution in [0.25, 0.3) is 0 Å². The Labute approximate surface area is 78.3 Å². The third kappa shape index (κ3) is 3.24. The maximum atomic E-state index is 12.8. The summed E-state index contributed by atoms with van der Waals surface area (Å²) in [5.41, 5.74) is 0.365. The summed E-state index contributed by atoms with van der Waals surface area (Å²) in [7, 11) is 0. The minimum atomic E-state index is -4.40. The summed E-state index contributed by atoms with van der Waals surface area (Å²) in [5.74, 6) is -0.699. The van der Waals surface area contributed by atoms with Crippen LogP contribution in [0.2, 0.25) is 0 Å². The quantitative estimate of drug-likeness (QED) is 0.678. The molecule has 0 aliphatic rings. The van der Waals surface area contributed by atoms with Crippen molar-refractivity contribution < 1.29 is 22.3 Å². The van der Waals surface area contributed by atoms with E-state index in [9.17, 15) is 17.6 Å². The van der Waals surface area contributed by atoms with Crippen LogP contribution in [0.3, 0.4) is 0 Å². The standard InChI is InChI=1S/C9H8F4O/c1-6-2-3-7(4-8(6)10)14-5-9(11,12)13/h2-4H,5H2,1H3. The van der Waals surface area contributed by atoms with Crippen LogP contribution in [-0.2, 0) is 0 Å². The molecule has 0 saturated carbocycles. The lowest BCUT2D eigenvalue weighted by atomic mass is 10.2. The highest BCUT2D eigenvalue weighted by atomic mass is 19.4. The molecule has 1 rings (SSSR count). The van der Waals surface area contributed by atoms with E-state index in [1.807, 2.05) is 0 Å². The number of alkyl halides is 3. The molecule has 0 heterocycles. The normalized spacial score (nSPS) is 11.5. The molecule has 1 aromatic rings. The van der Waals surface area contributed by atoms with E-state index in [-0.39, 0.29) is 5.75 Å². The molecule has 0 aliphatic heterocycles. The monoisotopic (exact) mass is 208 g/mol. The maximum Gasteiger partial charge on any atom is 0.422 e. The van der Waals surface area contributed by atoms with Crippen LogP contribution in [0.1, 0.15) is 5.56 Å². The summed E-state index contributed by atoms with van der Waals surface area (Å²) >= 11 is 0. The average molecular weight is 208 g/mol. The summed E-state index contributed by atoms with van der Waals surface area (Å²) in [4.78, 5) is 0. The first-order valence-electron chi connectivity index (χ1n) is 3.84. The van der Waals surface area contributed by atoms with Crippen molar-refractivity contribution in [3.05, 3.63) is 29.6 Å². The second-order valence-corrected chi connectivity index (χ2v) is 2.81. The molecular weight excluding hydrogens is 200 g/mol. The van der Waals surface area contributed by atoms with E-state index in [4.69, 9.17) is 0 Å². The molecule has 0 radical (unpaired) electrons. The molecule has 0 saturated heterocycles. The van der Waals surface area contributed by atoms with Crippen molar-refractivity contribution in [2.24, 2.45) is 0 Å². The van der Waals surface area contributed by atoms with E-state index in [0.717, 1.165) is 6.07 Å². The van der Waals surface area contributed by atoms with Gasteiger partial charge in [-0.3, -0.25) is 0 Å². The highest BCUT2D eigenvalue weighted by Crippen LogP contribution is 2.20. The van der Waals surface area contributed by atoms with Crippen molar-refractivity contribution in [3.63, 3.8) is 0 Å². The molecule has 78 valence electrons. The Morgan fingerprint density at radius 2 is 1.93 bits per heavy atom. The Hall–Kier alpha value is -1.26. The Bertz CT molecular complexity index is 319. The van der Waals surface area contributed by atoms with E-state index in [2.05, 4.69) is 4.74 Å². The van der Waals surface area contributed by atoms with Gasteiger partial charge in [-0.05, 0) is 18.6 Å². The lowest BCUT2D eigenvalue weighted by molar-refractivity contribution is -0.153. The van der Waals surface area contributed by atoms with Crippen molar-refractivity contribution in [2.75, 3.05) is 6.61 Å². The predicted octanol–water partition coefficient (Wildman–Crippen LogP) is 3.08. The van der Waals surface area contributed by atoms with E-state index in [1.165, 1.54) is 19.1 Å². The molecule has 0 unspecified atom stereocenters. The topological polar surface area (TPSA) is 9.23 Å². The van der Waals surface area contributed by atoms with Crippen LogP contribution in [-0.4, -0.2) is 12.8 Å². The minimum Gasteiger partial charge on any atom is -0.484 e. The van der Waals surface area contributed by atoms with Crippen molar-refractivity contribution in [1.82, 2.24) is 0 Å². The van der Waals surface area contributed by atoms with Gasteiger partial charge in [0.25, 0.3) is 0 Å². The zero-order chi connectivity index (χ0) is 10.8. The number of rotatable bonds is 2. The number of hydrogen-bond acceptors (Lipinski definition) is 1. The fourth-order valence-corrected chi connectivity index (χ4v) is 0.829. The van der Waals surface area contributed by atoms with Crippen molar-refractivity contribution >= 4 is 0 Å². The molecule has 0 spiro atoms. The summed E-state index contributed by atoms with van der Waals surface area (Å²) in [6, 6.07) is 3.59. The predicted molar refractivity (Wildman–Crippen MR) is 42.7 cm³/mol. The SMILES string of the molecule is Cc1ccc(OCC(F)(F)F)cc1F. The van der Waals surface area contributed by atoms with Gasteiger partial charge in [-0.2, -0.15) is 13.2 Å². The Morgan fingerprint density at radius 1 is 1.29 bits per heavy atom. The van der Waals surface area contributed by atoms with Crippen LogP contribution >= 0.6 is 0 Å². The van der Waals surface area contributed by atoms with Gasteiger partial charge in [0, 0.05) is 6.07 Å². The fourth-order valence-electron chi connectivity index (χ4n) is 0.829. The largest absolute Gasteiger partial charge is 0.484 e. The molecule has 0 bridgehead atoms. The first-order valence-corrected chi connectivity index (χ1v) is 3.84. The van der Waals surface area contributed by atoms with Gasteiger partial charge < -0.3 is 4.74 Å². The summed E-state index contributed by atoms with van der Waals surface area (Å²) in [6.45, 7) is 0.109. The molecule has 0 atom stereocenters. The molecule has 0 N–H and O–H groups in total. The second kappa shape index (κ2) is 3.86. The van der Waals surface area contributed by atoms with Gasteiger partial charge in [0.05, 0.1) is 0 Å². The van der Waals surface area contributed by atoms with Crippen molar-refractivity contribution in [2.45, 2.75) is 13.1 Å². The van der Waals surface area contributed by atoms with Crippen LogP contribution in [0.5, 0.6) is 5.75 Å². The molecule has 0 aromatic heterocycles. The molecule has 1 nitrogen and oxygen atoms in total. The average Bonchev–Trinajstić information content (AvgIpc) is 2.06. The number of benzene rings is 1. The van der Waals surface area contributed by atoms with Crippen LogP contribution in [0, 0.1) is 12.7 Å². The minimum absolute atomic E-state index is 0.120. The first-order chi connectivity index (χ1) is 6.38. The first kappa shape index (κ1) is 10.8. The summed E-state index contributed by atoms with van der Waals surface area (Å²) in [6.07, 6.45) is -4.40. The third-order valence-corrected chi connectivity index (χ3v) is 1.55. The molecular formula is C9H8F4O. The van der Waals surface area contributed by atoms with Gasteiger partial charge in [-0.25, -0.2) is 4.39 Å². The lowest BCUT2D eigenvalue weighted by Gasteiger charge is -2.09. The Balaban J connectivity index is 2.65. The van der Waals surface area contributed by atoms with E-state index in [0.29, 0.717) is 5.56 Å². The number of hydrogen-bond donors (Lipinski definition) is 0. The fraction of sp³-hybridized carbons (Fsp3) is 0.333. The molecule has 14 heavy (non-hydrogen) atoms. The Kier molecular flexibility index (Phi) is 2.98. The van der Waals surface area contributed by atoms with Gasteiger partial charge in [0.15, 0.2) is 6.61 Å². The van der Waals surface area contributed by atoms with Gasteiger partial charge >= 0.3 is 6.18 Å². The Morgan fingerprint density at radius 3 is 2.43 bits per heavy atom. The highest BCUT2D eigenvalue weighted by molar-refractivity contribution is 5.27. The molecule has 0 fully saturated rings. The smallest absolute Gasteiger partial charge is 0.422 e. The highest BCUT2D eigenvalue weighted by Gasteiger charge is 2.28. The van der Waals surface area contributed by atoms with E-state index >= 15 is 0 Å². The maximum absolute atomic E-state index is 12.8. The molecule has 1 aromatic carbocycles. The lowest BCUT2D eigenvalue weighted by Crippen LogP contribution is -2.19. The van der Waals surface area contributed by atoms with E-state index in [1.54, 1.807) is 0 Å². The van der Waals surface area contributed by atoms with Crippen molar-refractivity contribution in [1.29, 1.82) is 0 Å². The molecule has 5 heteroatoms. The molecule has 0 aliphatic carbocycles. The van der Waals surface area contributed by atoms with Crippen LogP contribution in [0.4, 0.5) is 17.6 Å². The zero-order valence-corrected chi connectivity index (χ0v) is 7.36. The van der Waals surface area contributed by atoms with Gasteiger partial charge in [0.2, 0.25) is 0 Å². The van der Waals surface area contributed by atoms with Crippen LogP contribution < -0.4 is 4.74 Å². The zero-order valence-electron chi connectivity index (χ0n) is 7.36. The molecule has 0 amide bonds. The van der Waals surface area contributed by atoms with Crippen LogP contribution in [0.15, 0.2) is 18.2 Å². The van der Waals surface area contributed by atoms with Gasteiger partial charge in [-0.1, -0.05) is 6.07 Å².